The number of carbonyl (C=O) groups excluding carboxylic acids is 1. The molecule has 0 bridgehead atoms. The van der Waals surface area contributed by atoms with Gasteiger partial charge < -0.3 is 10.6 Å². The van der Waals surface area contributed by atoms with Crippen LogP contribution >= 0.6 is 0 Å². The highest BCUT2D eigenvalue weighted by molar-refractivity contribution is 6.04. The van der Waals surface area contributed by atoms with Crippen molar-refractivity contribution in [2.24, 2.45) is 0 Å². The topological polar surface area (TPSA) is 41.1 Å². The van der Waals surface area contributed by atoms with Gasteiger partial charge in [0.05, 0.1) is 6.04 Å². The number of rotatable bonds is 0. The van der Waals surface area contributed by atoms with Crippen LogP contribution in [0.15, 0.2) is 29.8 Å². The van der Waals surface area contributed by atoms with E-state index in [0.717, 1.165) is 16.8 Å². The lowest BCUT2D eigenvalue weighted by Crippen LogP contribution is -2.25. The van der Waals surface area contributed by atoms with Gasteiger partial charge in [-0.1, -0.05) is 18.2 Å². The van der Waals surface area contributed by atoms with Crippen LogP contribution in [0.25, 0.3) is 6.08 Å². The lowest BCUT2D eigenvalue weighted by atomic mass is 10.00. The molecule has 0 spiro atoms. The molecule has 2 aliphatic heterocycles. The number of anilines is 1. The average Bonchev–Trinajstić information content (AvgIpc) is 2.57. The lowest BCUT2D eigenvalue weighted by Gasteiger charge is -2.20. The van der Waals surface area contributed by atoms with Crippen molar-refractivity contribution in [1.82, 2.24) is 5.32 Å². The van der Waals surface area contributed by atoms with Gasteiger partial charge in [0.1, 0.15) is 0 Å². The van der Waals surface area contributed by atoms with E-state index in [0.29, 0.717) is 6.54 Å². The number of carbonyl (C=O) groups is 1. The normalized spacial score (nSPS) is 23.0. The second kappa shape index (κ2) is 2.61. The summed E-state index contributed by atoms with van der Waals surface area (Å²) in [5.74, 6) is 0.0528. The van der Waals surface area contributed by atoms with Crippen LogP contribution in [0.5, 0.6) is 0 Å². The average molecular weight is 186 g/mol. The van der Waals surface area contributed by atoms with Crippen molar-refractivity contribution in [3.8, 4) is 0 Å². The van der Waals surface area contributed by atoms with Crippen LogP contribution in [-0.4, -0.2) is 18.5 Å². The molecular formula is C11H10N2O. The molecule has 1 atom stereocenters. The first kappa shape index (κ1) is 7.62. The second-order valence-corrected chi connectivity index (χ2v) is 3.59. The Morgan fingerprint density at radius 1 is 1.29 bits per heavy atom. The molecule has 1 saturated heterocycles. The zero-order valence-electron chi connectivity index (χ0n) is 7.58. The number of amides is 1. The third-order valence-corrected chi connectivity index (χ3v) is 2.71. The van der Waals surface area contributed by atoms with Crippen molar-refractivity contribution < 1.29 is 4.79 Å². The minimum atomic E-state index is 0.0528. The fourth-order valence-corrected chi connectivity index (χ4v) is 1.97. The van der Waals surface area contributed by atoms with E-state index in [1.807, 2.05) is 30.3 Å². The number of hydrogen-bond donors (Lipinski definition) is 2. The second-order valence-electron chi connectivity index (χ2n) is 3.59. The summed E-state index contributed by atoms with van der Waals surface area (Å²) < 4.78 is 0. The van der Waals surface area contributed by atoms with Gasteiger partial charge in [-0.25, -0.2) is 0 Å². The molecule has 1 aromatic rings. The largest absolute Gasteiger partial charge is 0.376 e. The van der Waals surface area contributed by atoms with E-state index in [4.69, 9.17) is 0 Å². The highest BCUT2D eigenvalue weighted by Gasteiger charge is 2.30. The van der Waals surface area contributed by atoms with Gasteiger partial charge >= 0.3 is 0 Å². The van der Waals surface area contributed by atoms with E-state index >= 15 is 0 Å². The van der Waals surface area contributed by atoms with Gasteiger partial charge in [0.25, 0.3) is 0 Å². The fourth-order valence-electron chi connectivity index (χ4n) is 1.97. The van der Waals surface area contributed by atoms with Crippen LogP contribution in [-0.2, 0) is 4.79 Å². The van der Waals surface area contributed by atoms with Gasteiger partial charge in [-0.3, -0.25) is 4.79 Å². The molecule has 1 fully saturated rings. The van der Waals surface area contributed by atoms with Crippen LogP contribution in [0.3, 0.4) is 0 Å². The van der Waals surface area contributed by atoms with Crippen LogP contribution in [0.2, 0.25) is 0 Å². The Morgan fingerprint density at radius 3 is 3.07 bits per heavy atom. The monoisotopic (exact) mass is 186 g/mol. The SMILES string of the molecule is O=C1NCC2Nc3ccccc3C=C12. The van der Waals surface area contributed by atoms with Gasteiger partial charge in [0.15, 0.2) is 0 Å². The summed E-state index contributed by atoms with van der Waals surface area (Å²) in [4.78, 5) is 11.4. The van der Waals surface area contributed by atoms with Gasteiger partial charge in [0.2, 0.25) is 5.91 Å². The Labute approximate surface area is 81.8 Å². The summed E-state index contributed by atoms with van der Waals surface area (Å²) in [6, 6.07) is 8.17. The zero-order valence-corrected chi connectivity index (χ0v) is 7.58. The molecule has 2 heterocycles. The molecule has 0 aromatic heterocycles. The van der Waals surface area contributed by atoms with Gasteiger partial charge in [-0.2, -0.15) is 0 Å². The Bertz CT molecular complexity index is 437. The van der Waals surface area contributed by atoms with Crippen molar-refractivity contribution in [2.45, 2.75) is 6.04 Å². The third-order valence-electron chi connectivity index (χ3n) is 2.71. The smallest absolute Gasteiger partial charge is 0.249 e. The van der Waals surface area contributed by atoms with Crippen molar-refractivity contribution >= 4 is 17.7 Å². The predicted molar refractivity (Wildman–Crippen MR) is 54.8 cm³/mol. The predicted octanol–water partition coefficient (Wildman–Crippen LogP) is 0.994. The van der Waals surface area contributed by atoms with Crippen molar-refractivity contribution in [3.63, 3.8) is 0 Å². The molecular weight excluding hydrogens is 176 g/mol. The van der Waals surface area contributed by atoms with E-state index in [2.05, 4.69) is 10.6 Å². The fraction of sp³-hybridized carbons (Fsp3) is 0.182. The van der Waals surface area contributed by atoms with Gasteiger partial charge in [-0.05, 0) is 17.7 Å². The molecule has 14 heavy (non-hydrogen) atoms. The minimum Gasteiger partial charge on any atom is -0.376 e. The first-order valence-electron chi connectivity index (χ1n) is 4.70. The highest BCUT2D eigenvalue weighted by Crippen LogP contribution is 2.28. The molecule has 3 heteroatoms. The maximum atomic E-state index is 11.4. The number of nitrogens with one attached hydrogen (secondary N) is 2. The van der Waals surface area contributed by atoms with E-state index in [1.54, 1.807) is 0 Å². The van der Waals surface area contributed by atoms with Gasteiger partial charge in [0, 0.05) is 17.8 Å². The van der Waals surface area contributed by atoms with Crippen LogP contribution < -0.4 is 10.6 Å². The van der Waals surface area contributed by atoms with Crippen LogP contribution in [0, 0.1) is 0 Å². The quantitative estimate of drug-likeness (QED) is 0.634. The maximum Gasteiger partial charge on any atom is 0.249 e. The summed E-state index contributed by atoms with van der Waals surface area (Å²) >= 11 is 0. The molecule has 0 radical (unpaired) electrons. The molecule has 1 aromatic carbocycles. The van der Waals surface area contributed by atoms with E-state index < -0.39 is 0 Å². The van der Waals surface area contributed by atoms with Crippen molar-refractivity contribution in [3.05, 3.63) is 35.4 Å². The van der Waals surface area contributed by atoms with Gasteiger partial charge in [-0.15, -0.1) is 0 Å². The summed E-state index contributed by atoms with van der Waals surface area (Å²) in [7, 11) is 0. The number of fused-ring (bicyclic) bond motifs is 2. The number of benzene rings is 1. The minimum absolute atomic E-state index is 0.0528. The van der Waals surface area contributed by atoms with Crippen LogP contribution in [0.4, 0.5) is 5.69 Å². The molecule has 1 unspecified atom stereocenters. The number of hydrogen-bond acceptors (Lipinski definition) is 2. The Hall–Kier alpha value is -1.77. The first-order chi connectivity index (χ1) is 6.84. The van der Waals surface area contributed by atoms with E-state index in [1.165, 1.54) is 0 Å². The highest BCUT2D eigenvalue weighted by atomic mass is 16.2. The van der Waals surface area contributed by atoms with E-state index in [9.17, 15) is 4.79 Å². The van der Waals surface area contributed by atoms with Crippen LogP contribution in [0.1, 0.15) is 5.56 Å². The summed E-state index contributed by atoms with van der Waals surface area (Å²) in [6.45, 7) is 0.693. The molecule has 3 nitrogen and oxygen atoms in total. The molecule has 1 amide bonds. The number of para-hydroxylation sites is 1. The molecule has 3 rings (SSSR count). The zero-order chi connectivity index (χ0) is 9.54. The lowest BCUT2D eigenvalue weighted by molar-refractivity contribution is -0.116. The third kappa shape index (κ3) is 0.954. The van der Waals surface area contributed by atoms with E-state index in [-0.39, 0.29) is 11.9 Å². The first-order valence-corrected chi connectivity index (χ1v) is 4.70. The summed E-state index contributed by atoms with van der Waals surface area (Å²) in [5.41, 5.74) is 3.05. The molecule has 0 saturated carbocycles. The molecule has 2 aliphatic rings. The standard InChI is InChI=1S/C11H10N2O/c14-11-8-5-7-3-1-2-4-9(7)13-10(8)6-12-11/h1-5,10,13H,6H2,(H,12,14). The maximum absolute atomic E-state index is 11.4. The Balaban J connectivity index is 2.13. The Kier molecular flexibility index (Phi) is 1.42. The molecule has 2 N–H and O–H groups in total. The van der Waals surface area contributed by atoms with Crippen molar-refractivity contribution in [2.75, 3.05) is 11.9 Å². The Morgan fingerprint density at radius 2 is 2.14 bits per heavy atom. The van der Waals surface area contributed by atoms with Crippen molar-refractivity contribution in [1.29, 1.82) is 0 Å². The summed E-state index contributed by atoms with van der Waals surface area (Å²) in [5, 5.41) is 6.16. The molecule has 0 aliphatic carbocycles. The summed E-state index contributed by atoms with van der Waals surface area (Å²) in [6.07, 6.45) is 1.97. The molecule has 70 valence electrons.